The maximum Gasteiger partial charge on any atom is 0.472 e. The Labute approximate surface area is 619 Å². The minimum absolute atomic E-state index is 0.109. The molecule has 0 rings (SSSR count). The SMILES string of the molecule is CCCCCCCCCCCCCCCCCCCCCCCC(=O)O[C@H](COC(=O)CCCCCCCCCCCCCCCCCC)COP(=O)(O)OC[C@@H](O)COP(=O)(O)OC[C@@H](COC(=O)CCCCCCCCCCC)OC(=O)CCCCCCCCCCCCCCCCC. The van der Waals surface area contributed by atoms with Gasteiger partial charge in [-0.15, -0.1) is 0 Å². The molecule has 3 N–H and O–H groups in total. The third-order valence-electron chi connectivity index (χ3n) is 19.4. The molecular weight excluding hydrogens is 1320 g/mol. The van der Waals surface area contributed by atoms with Gasteiger partial charge in [0.15, 0.2) is 12.2 Å². The van der Waals surface area contributed by atoms with E-state index in [1.807, 2.05) is 0 Å². The van der Waals surface area contributed by atoms with Crippen molar-refractivity contribution >= 4 is 39.5 Å². The van der Waals surface area contributed by atoms with Crippen LogP contribution in [0, 0.1) is 0 Å². The van der Waals surface area contributed by atoms with Gasteiger partial charge in [-0.1, -0.05) is 394 Å². The average Bonchev–Trinajstić information content (AvgIpc) is 1.02. The number of ether oxygens (including phenoxy) is 4. The number of carbonyl (C=O) groups is 4. The van der Waals surface area contributed by atoms with Gasteiger partial charge in [0.2, 0.25) is 0 Å². The Hall–Kier alpha value is -1.94. The molecule has 0 amide bonds. The maximum atomic E-state index is 13.1. The lowest BCUT2D eigenvalue weighted by Gasteiger charge is -2.21. The topological polar surface area (TPSA) is 237 Å². The highest BCUT2D eigenvalue weighted by molar-refractivity contribution is 7.47. The van der Waals surface area contributed by atoms with E-state index in [1.165, 1.54) is 276 Å². The predicted molar refractivity (Wildman–Crippen MR) is 414 cm³/mol. The fourth-order valence-corrected chi connectivity index (χ4v) is 14.4. The molecule has 2 unspecified atom stereocenters. The monoisotopic (exact) mass is 1480 g/mol. The first-order valence-corrected chi connectivity index (χ1v) is 45.8. The fraction of sp³-hybridized carbons (Fsp3) is 0.951. The molecule has 0 aromatic heterocycles. The molecule has 0 saturated heterocycles. The summed E-state index contributed by atoms with van der Waals surface area (Å²) in [6.07, 6.45) is 69.4. The first-order chi connectivity index (χ1) is 49.2. The lowest BCUT2D eigenvalue weighted by atomic mass is 10.0. The molecule has 0 aliphatic carbocycles. The van der Waals surface area contributed by atoms with Crippen molar-refractivity contribution in [3.05, 3.63) is 0 Å². The fourth-order valence-electron chi connectivity index (χ4n) is 12.8. The van der Waals surface area contributed by atoms with Gasteiger partial charge in [0.05, 0.1) is 26.4 Å². The second-order valence-corrected chi connectivity index (χ2v) is 32.4. The minimum atomic E-state index is -4.96. The number of aliphatic hydroxyl groups excluding tert-OH is 1. The summed E-state index contributed by atoms with van der Waals surface area (Å²) in [6, 6.07) is 0. The van der Waals surface area contributed by atoms with E-state index < -0.39 is 97.5 Å². The normalized spacial score (nSPS) is 13.8. The van der Waals surface area contributed by atoms with E-state index >= 15 is 0 Å². The number of carbonyl (C=O) groups excluding carboxylic acids is 4. The number of phosphoric ester groups is 2. The minimum Gasteiger partial charge on any atom is -0.462 e. The van der Waals surface area contributed by atoms with Gasteiger partial charge in [-0.25, -0.2) is 9.13 Å². The van der Waals surface area contributed by atoms with Crippen LogP contribution < -0.4 is 0 Å². The Morgan fingerprint density at radius 3 is 0.584 bits per heavy atom. The first-order valence-electron chi connectivity index (χ1n) is 42.8. The smallest absolute Gasteiger partial charge is 0.462 e. The zero-order valence-electron chi connectivity index (χ0n) is 65.9. The van der Waals surface area contributed by atoms with Crippen LogP contribution in [0.25, 0.3) is 0 Å². The van der Waals surface area contributed by atoms with Crippen LogP contribution in [0.3, 0.4) is 0 Å². The molecule has 0 spiro atoms. The van der Waals surface area contributed by atoms with E-state index in [1.54, 1.807) is 0 Å². The number of aliphatic hydroxyl groups is 1. The molecule has 101 heavy (non-hydrogen) atoms. The molecule has 0 aliphatic heterocycles. The van der Waals surface area contributed by atoms with Crippen molar-refractivity contribution in [3.63, 3.8) is 0 Å². The average molecular weight is 1480 g/mol. The quantitative estimate of drug-likeness (QED) is 0.0222. The van der Waals surface area contributed by atoms with Crippen LogP contribution >= 0.6 is 15.6 Å². The molecule has 19 heteroatoms. The highest BCUT2D eigenvalue weighted by atomic mass is 31.2. The Morgan fingerprint density at radius 2 is 0.396 bits per heavy atom. The molecule has 0 aromatic rings. The summed E-state index contributed by atoms with van der Waals surface area (Å²) in [5, 5.41) is 10.6. The zero-order chi connectivity index (χ0) is 73.9. The number of hydrogen-bond donors (Lipinski definition) is 3. The number of esters is 4. The highest BCUT2D eigenvalue weighted by Gasteiger charge is 2.30. The van der Waals surface area contributed by atoms with Crippen molar-refractivity contribution in [1.29, 1.82) is 0 Å². The summed E-state index contributed by atoms with van der Waals surface area (Å²) in [5.74, 6) is -2.10. The summed E-state index contributed by atoms with van der Waals surface area (Å²) < 4.78 is 68.7. The summed E-state index contributed by atoms with van der Waals surface area (Å²) in [4.78, 5) is 73.0. The third-order valence-corrected chi connectivity index (χ3v) is 21.3. The van der Waals surface area contributed by atoms with Gasteiger partial charge in [0.25, 0.3) is 0 Å². The molecule has 17 nitrogen and oxygen atoms in total. The highest BCUT2D eigenvalue weighted by Crippen LogP contribution is 2.45. The molecule has 0 heterocycles. The zero-order valence-corrected chi connectivity index (χ0v) is 67.7. The number of unbranched alkanes of at least 4 members (excludes halogenated alkanes) is 57. The Bertz CT molecular complexity index is 1910. The molecule has 0 bridgehead atoms. The summed E-state index contributed by atoms with van der Waals surface area (Å²) >= 11 is 0. The Kier molecular flexibility index (Phi) is 74.8. The Morgan fingerprint density at radius 1 is 0.238 bits per heavy atom. The van der Waals surface area contributed by atoms with Crippen LogP contribution in [-0.4, -0.2) is 96.7 Å². The van der Waals surface area contributed by atoms with Crippen LogP contribution in [0.15, 0.2) is 0 Å². The lowest BCUT2D eigenvalue weighted by molar-refractivity contribution is -0.161. The molecule has 0 aliphatic rings. The number of phosphoric acid groups is 2. The molecular formula is C82H160O17P2. The molecule has 0 saturated carbocycles. The van der Waals surface area contributed by atoms with Crippen molar-refractivity contribution in [1.82, 2.24) is 0 Å². The number of rotatable bonds is 83. The lowest BCUT2D eigenvalue weighted by Crippen LogP contribution is -2.30. The Balaban J connectivity index is 5.20. The second kappa shape index (κ2) is 76.3. The van der Waals surface area contributed by atoms with Gasteiger partial charge in [-0.2, -0.15) is 0 Å². The van der Waals surface area contributed by atoms with E-state index in [4.69, 9.17) is 37.0 Å². The van der Waals surface area contributed by atoms with Gasteiger partial charge in [-0.3, -0.25) is 37.3 Å². The van der Waals surface area contributed by atoms with Crippen LogP contribution in [0.5, 0.6) is 0 Å². The molecule has 0 fully saturated rings. The second-order valence-electron chi connectivity index (χ2n) is 29.5. The van der Waals surface area contributed by atoms with E-state index in [0.717, 1.165) is 89.9 Å². The largest absolute Gasteiger partial charge is 0.472 e. The summed E-state index contributed by atoms with van der Waals surface area (Å²) in [6.45, 7) is 5.02. The van der Waals surface area contributed by atoms with Crippen molar-refractivity contribution in [2.45, 2.75) is 463 Å². The third kappa shape index (κ3) is 76.1. The van der Waals surface area contributed by atoms with Crippen molar-refractivity contribution in [3.8, 4) is 0 Å². The van der Waals surface area contributed by atoms with Gasteiger partial charge in [0.1, 0.15) is 19.3 Å². The van der Waals surface area contributed by atoms with Gasteiger partial charge in [0, 0.05) is 25.7 Å². The van der Waals surface area contributed by atoms with Gasteiger partial charge in [-0.05, 0) is 25.7 Å². The predicted octanol–water partition coefficient (Wildman–Crippen LogP) is 25.0. The standard InChI is InChI=1S/C82H160O17P2/c1-5-9-13-17-21-25-28-31-34-36-37-38-39-40-43-46-49-53-57-61-65-69-82(87)99-78(73-93-80(85)67-63-59-55-51-47-44-42-35-32-29-26-22-18-14-10-6-2)75-97-101(90,91)95-71-76(83)70-94-100(88,89)96-74-77(72-92-79(84)66-62-58-54-50-24-20-16-12-8-4)98-81(86)68-64-60-56-52-48-45-41-33-30-27-23-19-15-11-7-3/h76-78,83H,5-75H2,1-4H3,(H,88,89)(H,90,91)/t76-,77+,78+/m0/s1. The summed E-state index contributed by atoms with van der Waals surface area (Å²) in [7, 11) is -9.92. The maximum absolute atomic E-state index is 13.1. The number of hydrogen-bond acceptors (Lipinski definition) is 15. The van der Waals surface area contributed by atoms with Crippen LogP contribution in [0.4, 0.5) is 0 Å². The van der Waals surface area contributed by atoms with Crippen LogP contribution in [0.2, 0.25) is 0 Å². The van der Waals surface area contributed by atoms with E-state index in [-0.39, 0.29) is 25.7 Å². The molecule has 600 valence electrons. The van der Waals surface area contributed by atoms with E-state index in [2.05, 4.69) is 27.7 Å². The molecule has 0 radical (unpaired) electrons. The van der Waals surface area contributed by atoms with Gasteiger partial charge < -0.3 is 33.8 Å². The van der Waals surface area contributed by atoms with Crippen molar-refractivity contribution < 1.29 is 80.2 Å². The summed E-state index contributed by atoms with van der Waals surface area (Å²) in [5.41, 5.74) is 0. The van der Waals surface area contributed by atoms with E-state index in [0.29, 0.717) is 25.7 Å². The molecule has 5 atom stereocenters. The van der Waals surface area contributed by atoms with E-state index in [9.17, 15) is 43.2 Å². The van der Waals surface area contributed by atoms with Crippen LogP contribution in [0.1, 0.15) is 445 Å². The molecule has 0 aromatic carbocycles. The van der Waals surface area contributed by atoms with Crippen molar-refractivity contribution in [2.24, 2.45) is 0 Å². The van der Waals surface area contributed by atoms with Gasteiger partial charge >= 0.3 is 39.5 Å². The first kappa shape index (κ1) is 99.1. The van der Waals surface area contributed by atoms with Crippen LogP contribution in [-0.2, 0) is 65.4 Å². The van der Waals surface area contributed by atoms with Crippen molar-refractivity contribution in [2.75, 3.05) is 39.6 Å².